The number of aryl methyl sites for hydroxylation is 1. The van der Waals surface area contributed by atoms with Gasteiger partial charge in [0.25, 0.3) is 0 Å². The highest BCUT2D eigenvalue weighted by Gasteiger charge is 2.30. The van der Waals surface area contributed by atoms with Crippen LogP contribution in [0.25, 0.3) is 10.3 Å². The van der Waals surface area contributed by atoms with Gasteiger partial charge in [-0.1, -0.05) is 0 Å². The second kappa shape index (κ2) is 5.97. The van der Waals surface area contributed by atoms with E-state index in [2.05, 4.69) is 24.7 Å². The normalized spacial score (nSPS) is 16.5. The number of hydrogen-bond acceptors (Lipinski definition) is 9. The highest BCUT2D eigenvalue weighted by molar-refractivity contribution is 7.19. The van der Waals surface area contributed by atoms with Crippen molar-refractivity contribution in [1.29, 1.82) is 0 Å². The van der Waals surface area contributed by atoms with Gasteiger partial charge in [-0.3, -0.25) is 10.1 Å². The molecule has 9 nitrogen and oxygen atoms in total. The zero-order valence-corrected chi connectivity index (χ0v) is 15.3. The molecule has 0 fully saturated rings. The lowest BCUT2D eigenvalue weighted by atomic mass is 10.2. The molecule has 26 heavy (non-hydrogen) atoms. The molecule has 0 amide bonds. The minimum absolute atomic E-state index is 0.415. The van der Waals surface area contributed by atoms with Crippen LogP contribution in [0.5, 0.6) is 0 Å². The SMILES string of the molecule is Cn1c2c(c3sc(Cc4cc[nH]n4)nc31)C=NN(Cc1ncns1)C2O. The lowest BCUT2D eigenvalue weighted by Crippen LogP contribution is -2.28. The molecule has 0 aromatic carbocycles. The molecule has 0 saturated heterocycles. The number of thiazole rings is 1. The minimum Gasteiger partial charge on any atom is -0.367 e. The van der Waals surface area contributed by atoms with Crippen LogP contribution in [0.1, 0.15) is 33.2 Å². The number of fused-ring (bicyclic) bond motifs is 3. The molecule has 0 spiro atoms. The molecule has 0 saturated carbocycles. The summed E-state index contributed by atoms with van der Waals surface area (Å²) >= 11 is 2.91. The number of aromatic nitrogens is 6. The van der Waals surface area contributed by atoms with Gasteiger partial charge in [0.1, 0.15) is 16.3 Å². The monoisotopic (exact) mass is 386 g/mol. The molecular weight excluding hydrogens is 372 g/mol. The van der Waals surface area contributed by atoms with E-state index in [1.54, 1.807) is 28.8 Å². The standard InChI is InChI=1S/C15H14N8OS2/c1-22-12-9(5-18-23(15(12)24)6-11-16-7-19-26-11)13-14(22)20-10(25-13)4-8-2-3-17-21-8/h2-3,5,7,15,24H,4,6H2,1H3,(H,17,21). The van der Waals surface area contributed by atoms with E-state index in [1.165, 1.54) is 17.9 Å². The largest absolute Gasteiger partial charge is 0.367 e. The van der Waals surface area contributed by atoms with Crippen LogP contribution in [0.4, 0.5) is 0 Å². The van der Waals surface area contributed by atoms with Gasteiger partial charge in [0, 0.05) is 25.2 Å². The van der Waals surface area contributed by atoms with E-state index in [1.807, 2.05) is 17.7 Å². The first kappa shape index (κ1) is 15.6. The van der Waals surface area contributed by atoms with Gasteiger partial charge in [-0.15, -0.1) is 11.3 Å². The van der Waals surface area contributed by atoms with E-state index < -0.39 is 6.23 Å². The maximum absolute atomic E-state index is 10.8. The van der Waals surface area contributed by atoms with E-state index in [0.29, 0.717) is 13.0 Å². The number of nitrogens with zero attached hydrogens (tertiary/aromatic N) is 7. The number of aliphatic hydroxyl groups is 1. The molecular formula is C15H14N8OS2. The Kier molecular flexibility index (Phi) is 3.58. The van der Waals surface area contributed by atoms with Gasteiger partial charge in [-0.05, 0) is 17.6 Å². The van der Waals surface area contributed by atoms with Crippen LogP contribution in [0.2, 0.25) is 0 Å². The van der Waals surface area contributed by atoms with Gasteiger partial charge in [0.2, 0.25) is 0 Å². The molecule has 4 aromatic rings. The fourth-order valence-corrected chi connectivity index (χ4v) is 4.72. The maximum Gasteiger partial charge on any atom is 0.184 e. The molecule has 1 aliphatic heterocycles. The summed E-state index contributed by atoms with van der Waals surface area (Å²) in [4.78, 5) is 8.90. The zero-order valence-electron chi connectivity index (χ0n) is 13.7. The predicted molar refractivity (Wildman–Crippen MR) is 98.0 cm³/mol. The smallest absolute Gasteiger partial charge is 0.184 e. The van der Waals surface area contributed by atoms with Crippen LogP contribution in [-0.4, -0.2) is 45.4 Å². The third-order valence-electron chi connectivity index (χ3n) is 4.31. The van der Waals surface area contributed by atoms with Crippen LogP contribution in [0.3, 0.4) is 0 Å². The summed E-state index contributed by atoms with van der Waals surface area (Å²) in [5, 5.41) is 25.6. The highest BCUT2D eigenvalue weighted by atomic mass is 32.1. The Bertz CT molecular complexity index is 1080. The number of aliphatic hydroxyl groups excluding tert-OH is 1. The zero-order chi connectivity index (χ0) is 17.7. The molecule has 5 heterocycles. The van der Waals surface area contributed by atoms with Gasteiger partial charge in [-0.25, -0.2) is 9.97 Å². The topological polar surface area (TPSA) is 108 Å². The quantitative estimate of drug-likeness (QED) is 0.552. The van der Waals surface area contributed by atoms with Crippen molar-refractivity contribution in [2.24, 2.45) is 12.1 Å². The fourth-order valence-electron chi connectivity index (χ4n) is 3.09. The van der Waals surface area contributed by atoms with Crippen molar-refractivity contribution in [3.05, 3.63) is 45.6 Å². The number of aromatic amines is 1. The Balaban J connectivity index is 1.50. The Labute approximate surface area is 155 Å². The minimum atomic E-state index is -0.847. The van der Waals surface area contributed by atoms with Gasteiger partial charge in [0.05, 0.1) is 28.8 Å². The molecule has 1 unspecified atom stereocenters. The van der Waals surface area contributed by atoms with Crippen molar-refractivity contribution in [3.63, 3.8) is 0 Å². The Morgan fingerprint density at radius 2 is 2.27 bits per heavy atom. The molecule has 11 heteroatoms. The third-order valence-corrected chi connectivity index (χ3v) is 6.03. The van der Waals surface area contributed by atoms with Crippen molar-refractivity contribution in [1.82, 2.24) is 34.1 Å². The van der Waals surface area contributed by atoms with Crippen molar-refractivity contribution < 1.29 is 5.11 Å². The van der Waals surface area contributed by atoms with Crippen LogP contribution in [-0.2, 0) is 20.0 Å². The van der Waals surface area contributed by atoms with E-state index in [-0.39, 0.29) is 0 Å². The molecule has 0 radical (unpaired) electrons. The van der Waals surface area contributed by atoms with E-state index in [0.717, 1.165) is 37.3 Å². The fraction of sp³-hybridized carbons (Fsp3) is 0.267. The van der Waals surface area contributed by atoms with Crippen LogP contribution < -0.4 is 0 Å². The number of H-pyrrole nitrogens is 1. The summed E-state index contributed by atoms with van der Waals surface area (Å²) in [5.74, 6) is 0. The van der Waals surface area contributed by atoms with E-state index in [4.69, 9.17) is 4.98 Å². The van der Waals surface area contributed by atoms with E-state index >= 15 is 0 Å². The third kappa shape index (κ3) is 2.43. The summed E-state index contributed by atoms with van der Waals surface area (Å²) in [6.07, 6.45) is 4.94. The Hall–Kier alpha value is -2.63. The van der Waals surface area contributed by atoms with Gasteiger partial charge in [-0.2, -0.15) is 14.6 Å². The van der Waals surface area contributed by atoms with Gasteiger partial charge < -0.3 is 9.67 Å². The van der Waals surface area contributed by atoms with Crippen LogP contribution >= 0.6 is 22.9 Å². The van der Waals surface area contributed by atoms with Crippen LogP contribution in [0.15, 0.2) is 23.7 Å². The summed E-state index contributed by atoms with van der Waals surface area (Å²) in [6.45, 7) is 0.415. The average Bonchev–Trinajstić information content (AvgIpc) is 3.39. The molecule has 5 rings (SSSR count). The molecule has 1 atom stereocenters. The average molecular weight is 386 g/mol. The summed E-state index contributed by atoms with van der Waals surface area (Å²) in [7, 11) is 1.92. The molecule has 0 bridgehead atoms. The molecule has 1 aliphatic rings. The van der Waals surface area contributed by atoms with Gasteiger partial charge >= 0.3 is 0 Å². The molecule has 4 aromatic heterocycles. The number of rotatable bonds is 4. The lowest BCUT2D eigenvalue weighted by Gasteiger charge is -2.28. The predicted octanol–water partition coefficient (Wildman–Crippen LogP) is 1.64. The van der Waals surface area contributed by atoms with E-state index in [9.17, 15) is 5.11 Å². The summed E-state index contributed by atoms with van der Waals surface area (Å²) in [5.41, 5.74) is 3.53. The second-order valence-electron chi connectivity index (χ2n) is 5.91. The van der Waals surface area contributed by atoms with Crippen molar-refractivity contribution in [2.45, 2.75) is 19.2 Å². The molecule has 0 aliphatic carbocycles. The molecule has 2 N–H and O–H groups in total. The number of hydrogen-bond donors (Lipinski definition) is 2. The van der Waals surface area contributed by atoms with Crippen molar-refractivity contribution in [2.75, 3.05) is 0 Å². The van der Waals surface area contributed by atoms with Gasteiger partial charge in [0.15, 0.2) is 11.9 Å². The molecule has 132 valence electrons. The first-order valence-corrected chi connectivity index (χ1v) is 9.50. The summed E-state index contributed by atoms with van der Waals surface area (Å²) < 4.78 is 6.97. The highest BCUT2D eigenvalue weighted by Crippen LogP contribution is 2.37. The van der Waals surface area contributed by atoms with Crippen molar-refractivity contribution >= 4 is 39.4 Å². The summed E-state index contributed by atoms with van der Waals surface area (Å²) in [6, 6.07) is 1.94. The Morgan fingerprint density at radius 1 is 1.35 bits per heavy atom. The first-order chi connectivity index (χ1) is 12.7. The maximum atomic E-state index is 10.8. The van der Waals surface area contributed by atoms with Crippen molar-refractivity contribution in [3.8, 4) is 0 Å². The lowest BCUT2D eigenvalue weighted by molar-refractivity contribution is -0.0100. The van der Waals surface area contributed by atoms with Crippen LogP contribution in [0, 0.1) is 0 Å². The Morgan fingerprint density at radius 3 is 3.04 bits per heavy atom. The number of nitrogens with one attached hydrogen (secondary N) is 1. The number of hydrazone groups is 1. The first-order valence-electron chi connectivity index (χ1n) is 7.91. The second-order valence-corrected chi connectivity index (χ2v) is 7.86.